The van der Waals surface area contributed by atoms with Crippen LogP contribution < -0.4 is 15.4 Å². The van der Waals surface area contributed by atoms with Gasteiger partial charge in [0.1, 0.15) is 11.6 Å². The fourth-order valence-electron chi connectivity index (χ4n) is 3.40. The van der Waals surface area contributed by atoms with Crippen LogP contribution in [-0.4, -0.2) is 31.2 Å². The van der Waals surface area contributed by atoms with Gasteiger partial charge < -0.3 is 15.4 Å². The molecule has 2 N–H and O–H groups in total. The van der Waals surface area contributed by atoms with Gasteiger partial charge in [0.25, 0.3) is 0 Å². The van der Waals surface area contributed by atoms with E-state index in [9.17, 15) is 0 Å². The molecular weight excluding hydrogens is 310 g/mol. The van der Waals surface area contributed by atoms with Crippen LogP contribution in [0.15, 0.2) is 42.5 Å². The van der Waals surface area contributed by atoms with E-state index in [0.717, 1.165) is 67.8 Å². The van der Waals surface area contributed by atoms with Gasteiger partial charge in [0.15, 0.2) is 0 Å². The number of aromatic nitrogens is 1. The molecule has 0 amide bonds. The van der Waals surface area contributed by atoms with E-state index < -0.39 is 0 Å². The van der Waals surface area contributed by atoms with Crippen molar-refractivity contribution in [2.75, 3.05) is 31.1 Å². The Labute approximate surface area is 150 Å². The molecule has 0 atom stereocenters. The van der Waals surface area contributed by atoms with E-state index in [0.29, 0.717) is 5.92 Å². The zero-order valence-corrected chi connectivity index (χ0v) is 14.7. The van der Waals surface area contributed by atoms with Crippen molar-refractivity contribution in [3.63, 3.8) is 0 Å². The minimum atomic E-state index is 0.666. The number of pyridine rings is 1. The van der Waals surface area contributed by atoms with E-state index in [1.54, 1.807) is 0 Å². The zero-order chi connectivity index (χ0) is 17.1. The maximum atomic E-state index is 5.91. The average molecular weight is 337 g/mol. The number of rotatable bonds is 6. The molecule has 1 aliphatic heterocycles. The summed E-state index contributed by atoms with van der Waals surface area (Å²) in [4.78, 5) is 7.28. The summed E-state index contributed by atoms with van der Waals surface area (Å²) in [7, 11) is 0. The van der Waals surface area contributed by atoms with Crippen molar-refractivity contribution in [1.29, 1.82) is 0 Å². The monoisotopic (exact) mass is 337 g/mol. The summed E-state index contributed by atoms with van der Waals surface area (Å²) in [5.41, 5.74) is 7.93. The van der Waals surface area contributed by atoms with Crippen molar-refractivity contribution in [1.82, 2.24) is 4.98 Å². The third-order valence-corrected chi connectivity index (χ3v) is 5.32. The molecule has 2 heterocycles. The van der Waals surface area contributed by atoms with Crippen LogP contribution in [0.3, 0.4) is 0 Å². The van der Waals surface area contributed by atoms with Crippen molar-refractivity contribution < 1.29 is 4.74 Å². The molecule has 1 aromatic carbocycles. The Hall–Kier alpha value is -2.07. The number of anilines is 1. The lowest BCUT2D eigenvalue weighted by molar-refractivity contribution is 0.300. The molecule has 2 aliphatic rings. The maximum Gasteiger partial charge on any atom is 0.129 e. The third kappa shape index (κ3) is 4.13. The van der Waals surface area contributed by atoms with Crippen LogP contribution in [0.4, 0.5) is 5.82 Å². The van der Waals surface area contributed by atoms with E-state index in [1.807, 2.05) is 6.07 Å². The molecule has 25 heavy (non-hydrogen) atoms. The first-order valence-corrected chi connectivity index (χ1v) is 9.47. The van der Waals surface area contributed by atoms with Crippen LogP contribution in [0.2, 0.25) is 0 Å². The van der Waals surface area contributed by atoms with Gasteiger partial charge in [0.2, 0.25) is 0 Å². The molecule has 1 saturated heterocycles. The van der Waals surface area contributed by atoms with Gasteiger partial charge in [0.05, 0.1) is 12.3 Å². The summed E-state index contributed by atoms with van der Waals surface area (Å²) >= 11 is 0. The lowest BCUT2D eigenvalue weighted by atomic mass is 9.97. The first-order chi connectivity index (χ1) is 12.3. The predicted octanol–water partition coefficient (Wildman–Crippen LogP) is 3.71. The number of nitrogens with two attached hydrogens (primary N) is 1. The second-order valence-corrected chi connectivity index (χ2v) is 7.33. The van der Waals surface area contributed by atoms with E-state index in [2.05, 4.69) is 41.3 Å². The fraction of sp³-hybridized carbons (Fsp3) is 0.476. The molecule has 0 bridgehead atoms. The van der Waals surface area contributed by atoms with Crippen molar-refractivity contribution in [2.45, 2.75) is 25.7 Å². The molecule has 4 heteroatoms. The van der Waals surface area contributed by atoms with Gasteiger partial charge in [-0.1, -0.05) is 18.2 Å². The highest BCUT2D eigenvalue weighted by atomic mass is 16.5. The van der Waals surface area contributed by atoms with Crippen molar-refractivity contribution in [3.05, 3.63) is 42.5 Å². The second kappa shape index (κ2) is 7.44. The van der Waals surface area contributed by atoms with Crippen LogP contribution in [0.5, 0.6) is 5.75 Å². The quantitative estimate of drug-likeness (QED) is 0.873. The van der Waals surface area contributed by atoms with Crippen molar-refractivity contribution in [3.8, 4) is 17.0 Å². The molecule has 2 aromatic rings. The van der Waals surface area contributed by atoms with Crippen LogP contribution in [0, 0.1) is 11.8 Å². The highest BCUT2D eigenvalue weighted by Crippen LogP contribution is 2.31. The molecule has 4 rings (SSSR count). The summed E-state index contributed by atoms with van der Waals surface area (Å²) in [5, 5.41) is 0. The molecule has 1 aliphatic carbocycles. The fourth-order valence-corrected chi connectivity index (χ4v) is 3.40. The lowest BCUT2D eigenvalue weighted by Crippen LogP contribution is -2.36. The van der Waals surface area contributed by atoms with Gasteiger partial charge in [-0.25, -0.2) is 4.98 Å². The average Bonchev–Trinajstić information content (AvgIpc) is 3.51. The normalized spacial score (nSPS) is 18.4. The molecular formula is C21H27N3O. The first kappa shape index (κ1) is 16.4. The van der Waals surface area contributed by atoms with E-state index >= 15 is 0 Å². The van der Waals surface area contributed by atoms with Gasteiger partial charge in [-0.2, -0.15) is 0 Å². The highest BCUT2D eigenvalue weighted by Gasteiger charge is 2.22. The summed E-state index contributed by atoms with van der Waals surface area (Å²) < 4.78 is 5.91. The third-order valence-electron chi connectivity index (χ3n) is 5.32. The summed E-state index contributed by atoms with van der Waals surface area (Å²) in [6.45, 7) is 3.73. The standard InChI is InChI=1S/C21H27N3O/c22-14-16-9-11-24(12-10-16)21-6-2-5-20(23-21)18-3-1-4-19(13-18)25-15-17-7-8-17/h1-6,13,16-17H,7-12,14-15,22H2. The van der Waals surface area contributed by atoms with Crippen molar-refractivity contribution in [2.24, 2.45) is 17.6 Å². The highest BCUT2D eigenvalue weighted by molar-refractivity contribution is 5.63. The largest absolute Gasteiger partial charge is 0.493 e. The number of benzene rings is 1. The van der Waals surface area contributed by atoms with Crippen LogP contribution in [0.25, 0.3) is 11.3 Å². The van der Waals surface area contributed by atoms with Gasteiger partial charge >= 0.3 is 0 Å². The Bertz CT molecular complexity index is 706. The molecule has 132 valence electrons. The Balaban J connectivity index is 1.48. The number of hydrogen-bond acceptors (Lipinski definition) is 4. The number of ether oxygens (including phenoxy) is 1. The molecule has 1 saturated carbocycles. The Kier molecular flexibility index (Phi) is 4.88. The molecule has 0 unspecified atom stereocenters. The lowest BCUT2D eigenvalue weighted by Gasteiger charge is -2.32. The molecule has 0 radical (unpaired) electrons. The summed E-state index contributed by atoms with van der Waals surface area (Å²) in [5.74, 6) is 3.44. The van der Waals surface area contributed by atoms with E-state index in [-0.39, 0.29) is 0 Å². The molecule has 0 spiro atoms. The van der Waals surface area contributed by atoms with Gasteiger partial charge in [-0.3, -0.25) is 0 Å². The number of hydrogen-bond donors (Lipinski definition) is 1. The van der Waals surface area contributed by atoms with E-state index in [1.165, 1.54) is 12.8 Å². The summed E-state index contributed by atoms with van der Waals surface area (Å²) in [6.07, 6.45) is 4.94. The predicted molar refractivity (Wildman–Crippen MR) is 102 cm³/mol. The molecule has 4 nitrogen and oxygen atoms in total. The minimum Gasteiger partial charge on any atom is -0.493 e. The van der Waals surface area contributed by atoms with Gasteiger partial charge in [-0.15, -0.1) is 0 Å². The van der Waals surface area contributed by atoms with Crippen LogP contribution in [-0.2, 0) is 0 Å². The summed E-state index contributed by atoms with van der Waals surface area (Å²) in [6, 6.07) is 14.6. The van der Waals surface area contributed by atoms with E-state index in [4.69, 9.17) is 15.5 Å². The number of piperidine rings is 1. The Morgan fingerprint density at radius 3 is 2.56 bits per heavy atom. The smallest absolute Gasteiger partial charge is 0.129 e. The van der Waals surface area contributed by atoms with Crippen LogP contribution in [0.1, 0.15) is 25.7 Å². The first-order valence-electron chi connectivity index (χ1n) is 9.47. The molecule has 1 aromatic heterocycles. The number of nitrogens with zero attached hydrogens (tertiary/aromatic N) is 2. The Morgan fingerprint density at radius 1 is 1.00 bits per heavy atom. The van der Waals surface area contributed by atoms with Gasteiger partial charge in [0, 0.05) is 18.7 Å². The maximum absolute atomic E-state index is 5.91. The topological polar surface area (TPSA) is 51.4 Å². The zero-order valence-electron chi connectivity index (χ0n) is 14.7. The minimum absolute atomic E-state index is 0.666. The molecule has 2 fully saturated rings. The Morgan fingerprint density at radius 2 is 1.80 bits per heavy atom. The van der Waals surface area contributed by atoms with Crippen LogP contribution >= 0.6 is 0 Å². The SMILES string of the molecule is NCC1CCN(c2cccc(-c3cccc(OCC4CC4)c3)n2)CC1. The second-order valence-electron chi connectivity index (χ2n) is 7.33. The van der Waals surface area contributed by atoms with Gasteiger partial charge in [-0.05, 0) is 68.3 Å². The van der Waals surface area contributed by atoms with Crippen molar-refractivity contribution >= 4 is 5.82 Å².